The van der Waals surface area contributed by atoms with Crippen LogP contribution in [0.15, 0.2) is 46.9 Å². The molecule has 1 aromatic heterocycles. The van der Waals surface area contributed by atoms with E-state index in [0.29, 0.717) is 5.76 Å². The van der Waals surface area contributed by atoms with Crippen LogP contribution in [0.2, 0.25) is 0 Å². The van der Waals surface area contributed by atoms with E-state index in [4.69, 9.17) is 9.52 Å². The van der Waals surface area contributed by atoms with Crippen molar-refractivity contribution < 1.29 is 9.52 Å². The van der Waals surface area contributed by atoms with Gasteiger partial charge in [-0.3, -0.25) is 0 Å². The Kier molecular flexibility index (Phi) is 5.00. The number of furan rings is 1. The first-order chi connectivity index (χ1) is 8.88. The summed E-state index contributed by atoms with van der Waals surface area (Å²) in [6.45, 7) is 1.65. The molecule has 96 valence electrons. The second-order valence-electron chi connectivity index (χ2n) is 4.29. The van der Waals surface area contributed by atoms with E-state index in [9.17, 15) is 0 Å². The topological polar surface area (TPSA) is 45.4 Å². The van der Waals surface area contributed by atoms with Crippen molar-refractivity contribution in [3.8, 4) is 0 Å². The standard InChI is InChI=1S/C15H19NO2/c17-12-15-9-8-14(18-15)11-16-10-4-7-13-5-2-1-3-6-13/h1-3,5-6,8-9,16-17H,4,7,10-12H2. The van der Waals surface area contributed by atoms with Gasteiger partial charge in [-0.1, -0.05) is 30.3 Å². The highest BCUT2D eigenvalue weighted by molar-refractivity contribution is 5.14. The van der Waals surface area contributed by atoms with Gasteiger partial charge in [0.1, 0.15) is 18.1 Å². The number of aryl methyl sites for hydroxylation is 1. The number of hydrogen-bond acceptors (Lipinski definition) is 3. The van der Waals surface area contributed by atoms with Crippen LogP contribution in [-0.4, -0.2) is 11.7 Å². The van der Waals surface area contributed by atoms with Gasteiger partial charge in [0.25, 0.3) is 0 Å². The Balaban J connectivity index is 1.61. The third kappa shape index (κ3) is 4.02. The molecule has 0 atom stereocenters. The van der Waals surface area contributed by atoms with Gasteiger partial charge in [-0.2, -0.15) is 0 Å². The van der Waals surface area contributed by atoms with Crippen molar-refractivity contribution in [3.05, 3.63) is 59.5 Å². The highest BCUT2D eigenvalue weighted by atomic mass is 16.4. The van der Waals surface area contributed by atoms with E-state index in [2.05, 4.69) is 29.6 Å². The van der Waals surface area contributed by atoms with Gasteiger partial charge < -0.3 is 14.8 Å². The predicted octanol–water partition coefficient (Wildman–Crippen LogP) is 2.49. The van der Waals surface area contributed by atoms with Gasteiger partial charge in [-0.25, -0.2) is 0 Å². The molecule has 0 unspecified atom stereocenters. The van der Waals surface area contributed by atoms with Crippen molar-refractivity contribution >= 4 is 0 Å². The van der Waals surface area contributed by atoms with E-state index in [-0.39, 0.29) is 6.61 Å². The smallest absolute Gasteiger partial charge is 0.129 e. The van der Waals surface area contributed by atoms with Crippen molar-refractivity contribution in [2.24, 2.45) is 0 Å². The summed E-state index contributed by atoms with van der Waals surface area (Å²) in [5.41, 5.74) is 1.37. The second kappa shape index (κ2) is 6.99. The maximum absolute atomic E-state index is 8.87. The van der Waals surface area contributed by atoms with Crippen LogP contribution < -0.4 is 5.32 Å². The molecule has 2 rings (SSSR count). The minimum Gasteiger partial charge on any atom is -0.462 e. The van der Waals surface area contributed by atoms with Gasteiger partial charge in [-0.15, -0.1) is 0 Å². The molecule has 3 heteroatoms. The van der Waals surface area contributed by atoms with Crippen molar-refractivity contribution in [1.82, 2.24) is 5.32 Å². The monoisotopic (exact) mass is 245 g/mol. The Hall–Kier alpha value is -1.58. The summed E-state index contributed by atoms with van der Waals surface area (Å²) in [5, 5.41) is 12.2. The van der Waals surface area contributed by atoms with Crippen LogP contribution in [0.25, 0.3) is 0 Å². The van der Waals surface area contributed by atoms with Crippen LogP contribution in [0, 0.1) is 0 Å². The molecular weight excluding hydrogens is 226 g/mol. The van der Waals surface area contributed by atoms with Crippen LogP contribution >= 0.6 is 0 Å². The van der Waals surface area contributed by atoms with Crippen LogP contribution in [0.4, 0.5) is 0 Å². The average Bonchev–Trinajstić information content (AvgIpc) is 2.87. The number of rotatable bonds is 7. The van der Waals surface area contributed by atoms with Gasteiger partial charge in [0.05, 0.1) is 6.54 Å². The lowest BCUT2D eigenvalue weighted by atomic mass is 10.1. The lowest BCUT2D eigenvalue weighted by molar-refractivity contribution is 0.243. The molecular formula is C15H19NO2. The molecule has 0 radical (unpaired) electrons. The van der Waals surface area contributed by atoms with Crippen LogP contribution in [0.1, 0.15) is 23.5 Å². The summed E-state index contributed by atoms with van der Waals surface area (Å²) >= 11 is 0. The highest BCUT2D eigenvalue weighted by Gasteiger charge is 2.00. The number of aliphatic hydroxyl groups excluding tert-OH is 1. The largest absolute Gasteiger partial charge is 0.462 e. The fourth-order valence-electron chi connectivity index (χ4n) is 1.88. The molecule has 0 saturated carbocycles. The van der Waals surface area contributed by atoms with Crippen molar-refractivity contribution in [2.45, 2.75) is 26.0 Å². The summed E-state index contributed by atoms with van der Waals surface area (Å²) in [4.78, 5) is 0. The zero-order chi connectivity index (χ0) is 12.6. The van der Waals surface area contributed by atoms with Gasteiger partial charge >= 0.3 is 0 Å². The van der Waals surface area contributed by atoms with Gasteiger partial charge in [0.2, 0.25) is 0 Å². The summed E-state index contributed by atoms with van der Waals surface area (Å²) in [6.07, 6.45) is 2.20. The molecule has 0 amide bonds. The number of nitrogens with one attached hydrogen (secondary N) is 1. The lowest BCUT2D eigenvalue weighted by Gasteiger charge is -2.03. The van der Waals surface area contributed by atoms with E-state index < -0.39 is 0 Å². The molecule has 1 heterocycles. The molecule has 0 bridgehead atoms. The van der Waals surface area contributed by atoms with E-state index in [1.165, 1.54) is 5.56 Å². The molecule has 0 aliphatic heterocycles. The van der Waals surface area contributed by atoms with E-state index >= 15 is 0 Å². The quantitative estimate of drug-likeness (QED) is 0.737. The zero-order valence-electron chi connectivity index (χ0n) is 10.4. The Bertz CT molecular complexity index is 451. The summed E-state index contributed by atoms with van der Waals surface area (Å²) < 4.78 is 5.39. The fourth-order valence-corrected chi connectivity index (χ4v) is 1.88. The Labute approximate surface area is 107 Å². The fraction of sp³-hybridized carbons (Fsp3) is 0.333. The van der Waals surface area contributed by atoms with Crippen LogP contribution in [-0.2, 0) is 19.6 Å². The SMILES string of the molecule is OCc1ccc(CNCCCc2ccccc2)o1. The van der Waals surface area contributed by atoms with E-state index in [1.54, 1.807) is 6.07 Å². The van der Waals surface area contributed by atoms with Crippen molar-refractivity contribution in [2.75, 3.05) is 6.54 Å². The molecule has 0 spiro atoms. The number of hydrogen-bond donors (Lipinski definition) is 2. The molecule has 2 N–H and O–H groups in total. The normalized spacial score (nSPS) is 10.7. The first-order valence-electron chi connectivity index (χ1n) is 6.31. The molecule has 18 heavy (non-hydrogen) atoms. The highest BCUT2D eigenvalue weighted by Crippen LogP contribution is 2.07. The summed E-state index contributed by atoms with van der Waals surface area (Å²) in [5.74, 6) is 1.50. The van der Waals surface area contributed by atoms with E-state index in [1.807, 2.05) is 12.1 Å². The molecule has 0 aliphatic carbocycles. The van der Waals surface area contributed by atoms with Crippen molar-refractivity contribution in [1.29, 1.82) is 0 Å². The third-order valence-corrected chi connectivity index (χ3v) is 2.83. The van der Waals surface area contributed by atoms with E-state index in [0.717, 1.165) is 31.7 Å². The maximum atomic E-state index is 8.87. The minimum absolute atomic E-state index is 0.0337. The Morgan fingerprint density at radius 1 is 1.00 bits per heavy atom. The number of benzene rings is 1. The maximum Gasteiger partial charge on any atom is 0.129 e. The average molecular weight is 245 g/mol. The molecule has 0 saturated heterocycles. The Morgan fingerprint density at radius 2 is 1.78 bits per heavy atom. The predicted molar refractivity (Wildman–Crippen MR) is 71.1 cm³/mol. The summed E-state index contributed by atoms with van der Waals surface area (Å²) in [7, 11) is 0. The van der Waals surface area contributed by atoms with Crippen LogP contribution in [0.3, 0.4) is 0 Å². The molecule has 2 aromatic rings. The van der Waals surface area contributed by atoms with Gasteiger partial charge in [0.15, 0.2) is 0 Å². The first-order valence-corrected chi connectivity index (χ1v) is 6.31. The Morgan fingerprint density at radius 3 is 2.50 bits per heavy atom. The number of aliphatic hydroxyl groups is 1. The first kappa shape index (κ1) is 12.9. The third-order valence-electron chi connectivity index (χ3n) is 2.83. The molecule has 0 aliphatic rings. The summed E-state index contributed by atoms with van der Waals surface area (Å²) in [6, 6.07) is 14.2. The van der Waals surface area contributed by atoms with Gasteiger partial charge in [-0.05, 0) is 37.1 Å². The molecule has 1 aromatic carbocycles. The molecule has 0 fully saturated rings. The van der Waals surface area contributed by atoms with Crippen LogP contribution in [0.5, 0.6) is 0 Å². The lowest BCUT2D eigenvalue weighted by Crippen LogP contribution is -2.14. The van der Waals surface area contributed by atoms with Gasteiger partial charge in [0, 0.05) is 0 Å². The molecule has 3 nitrogen and oxygen atoms in total. The zero-order valence-corrected chi connectivity index (χ0v) is 10.4. The van der Waals surface area contributed by atoms with Crippen molar-refractivity contribution in [3.63, 3.8) is 0 Å². The minimum atomic E-state index is -0.0337. The second-order valence-corrected chi connectivity index (χ2v) is 4.29.